The van der Waals surface area contributed by atoms with E-state index in [-0.39, 0.29) is 30.3 Å². The molecule has 1 fully saturated rings. The number of halogens is 1. The van der Waals surface area contributed by atoms with Crippen molar-refractivity contribution in [3.05, 3.63) is 105 Å². The molecule has 254 valence electrons. The Morgan fingerprint density at radius 1 is 1.02 bits per heavy atom. The van der Waals surface area contributed by atoms with E-state index in [1.165, 1.54) is 19.4 Å². The van der Waals surface area contributed by atoms with Gasteiger partial charge in [-0.2, -0.15) is 5.26 Å². The highest BCUT2D eigenvalue weighted by Crippen LogP contribution is 2.36. The van der Waals surface area contributed by atoms with E-state index in [0.29, 0.717) is 55.0 Å². The van der Waals surface area contributed by atoms with Crippen LogP contribution in [0.25, 0.3) is 11.1 Å². The molecule has 0 amide bonds. The Kier molecular flexibility index (Phi) is 11.5. The van der Waals surface area contributed by atoms with Crippen molar-refractivity contribution in [1.29, 1.82) is 5.26 Å². The molecule has 49 heavy (non-hydrogen) atoms. The minimum absolute atomic E-state index is 0.105. The van der Waals surface area contributed by atoms with Crippen LogP contribution < -0.4 is 14.2 Å². The first-order chi connectivity index (χ1) is 23.6. The molecule has 0 aliphatic carbocycles. The van der Waals surface area contributed by atoms with E-state index in [4.69, 9.17) is 35.8 Å². The molecule has 1 unspecified atom stereocenters. The number of esters is 1. The molecule has 3 aromatic carbocycles. The highest BCUT2D eigenvalue weighted by Gasteiger charge is 2.43. The number of β-amino-alcohol motifs (C(OH)–C–C–N with tert-alkyl or cyclic N) is 1. The molecule has 11 heteroatoms. The van der Waals surface area contributed by atoms with Gasteiger partial charge in [-0.05, 0) is 66.3 Å². The number of carbonyl (C=O) groups excluding carboxylic acids is 2. The summed E-state index contributed by atoms with van der Waals surface area (Å²) in [5, 5.41) is 19.9. The number of methoxy groups -OCH3 is 1. The number of hydrogen-bond donors (Lipinski definition) is 1. The second-order valence-electron chi connectivity index (χ2n) is 12.0. The van der Waals surface area contributed by atoms with Crippen LogP contribution >= 0.6 is 11.6 Å². The predicted octanol–water partition coefficient (Wildman–Crippen LogP) is 6.24. The minimum Gasteiger partial charge on any atom is -0.493 e. The van der Waals surface area contributed by atoms with Gasteiger partial charge in [0.05, 0.1) is 29.9 Å². The van der Waals surface area contributed by atoms with Crippen LogP contribution in [0.1, 0.15) is 51.0 Å². The van der Waals surface area contributed by atoms with Gasteiger partial charge in [-0.15, -0.1) is 0 Å². The number of aromatic nitrogens is 1. The summed E-state index contributed by atoms with van der Waals surface area (Å²) in [6.07, 6.45) is 4.83. The van der Waals surface area contributed by atoms with Gasteiger partial charge in [-0.3, -0.25) is 14.7 Å². The molecule has 0 radical (unpaired) electrons. The molecule has 1 atom stereocenters. The largest absolute Gasteiger partial charge is 0.493 e. The van der Waals surface area contributed by atoms with Crippen LogP contribution in [0.15, 0.2) is 67.0 Å². The number of ether oxygens (including phenoxy) is 4. The molecule has 4 aromatic rings. The van der Waals surface area contributed by atoms with Crippen molar-refractivity contribution in [2.45, 2.75) is 45.5 Å². The van der Waals surface area contributed by atoms with Crippen molar-refractivity contribution in [3.8, 4) is 34.4 Å². The van der Waals surface area contributed by atoms with Crippen LogP contribution in [0.2, 0.25) is 5.02 Å². The van der Waals surface area contributed by atoms with E-state index in [9.17, 15) is 14.7 Å². The van der Waals surface area contributed by atoms with Gasteiger partial charge in [-0.1, -0.05) is 41.9 Å². The zero-order valence-corrected chi connectivity index (χ0v) is 28.5. The van der Waals surface area contributed by atoms with Gasteiger partial charge >= 0.3 is 5.97 Å². The van der Waals surface area contributed by atoms with Crippen LogP contribution in [0.5, 0.6) is 17.2 Å². The number of pyridine rings is 1. The summed E-state index contributed by atoms with van der Waals surface area (Å²) in [6, 6.07) is 18.9. The molecule has 1 saturated heterocycles. The molecule has 5 rings (SSSR count). The van der Waals surface area contributed by atoms with Crippen LogP contribution in [-0.2, 0) is 22.7 Å². The Balaban J connectivity index is 1.23. The van der Waals surface area contributed by atoms with Gasteiger partial charge in [0.2, 0.25) is 0 Å². The topological polar surface area (TPSA) is 131 Å². The second-order valence-corrected chi connectivity index (χ2v) is 12.4. The van der Waals surface area contributed by atoms with E-state index in [0.717, 1.165) is 40.0 Å². The standard InChI is InChI=1S/C38H38ClN3O7/c1-25-29(23-49-36-17-35(30(21-43)16-33(36)39)48-22-28-15-27(18-40)19-41-20-28)7-4-8-31(25)32-9-5-10-34(26(32)2)47-14-6-12-42-13-11-38(45,24-42)37(44)46-3/h4-5,7-10,15-17,19-21,45H,6,11-14,22-24H2,1-3H3. The number of aliphatic hydroxyl groups is 1. The van der Waals surface area contributed by atoms with Gasteiger partial charge in [0.25, 0.3) is 0 Å². The average molecular weight is 684 g/mol. The lowest BCUT2D eigenvalue weighted by Crippen LogP contribution is -2.42. The van der Waals surface area contributed by atoms with Crippen molar-refractivity contribution >= 4 is 23.9 Å². The molecule has 0 saturated carbocycles. The molecule has 2 heterocycles. The number of carbonyl (C=O) groups is 2. The SMILES string of the molecule is COC(=O)C1(O)CCN(CCCOc2cccc(-c3cccc(COc4cc(OCc5cncc(C#N)c5)c(C=O)cc4Cl)c3C)c2C)C1. The van der Waals surface area contributed by atoms with Gasteiger partial charge in [0.1, 0.15) is 36.5 Å². The fourth-order valence-electron chi connectivity index (χ4n) is 5.91. The number of benzene rings is 3. The first-order valence-electron chi connectivity index (χ1n) is 15.9. The zero-order valence-electron chi connectivity index (χ0n) is 27.7. The summed E-state index contributed by atoms with van der Waals surface area (Å²) >= 11 is 6.50. The monoisotopic (exact) mass is 683 g/mol. The van der Waals surface area contributed by atoms with Crippen molar-refractivity contribution in [2.75, 3.05) is 33.4 Å². The maximum atomic E-state index is 11.9. The first kappa shape index (κ1) is 35.4. The zero-order chi connectivity index (χ0) is 35.0. The number of rotatable bonds is 14. The fraction of sp³-hybridized carbons (Fsp3) is 0.316. The molecule has 1 aliphatic rings. The number of likely N-dealkylation sites (tertiary alicyclic amines) is 1. The molecule has 1 N–H and O–H groups in total. The highest BCUT2D eigenvalue weighted by molar-refractivity contribution is 6.32. The third-order valence-electron chi connectivity index (χ3n) is 8.68. The lowest BCUT2D eigenvalue weighted by molar-refractivity contribution is -0.160. The van der Waals surface area contributed by atoms with Gasteiger partial charge in [0.15, 0.2) is 11.9 Å². The number of nitriles is 1. The van der Waals surface area contributed by atoms with E-state index >= 15 is 0 Å². The Morgan fingerprint density at radius 3 is 2.53 bits per heavy atom. The van der Waals surface area contributed by atoms with Crippen LogP contribution in [0.4, 0.5) is 0 Å². The minimum atomic E-state index is -1.44. The van der Waals surface area contributed by atoms with Crippen molar-refractivity contribution < 1.29 is 33.6 Å². The van der Waals surface area contributed by atoms with Crippen LogP contribution in [0, 0.1) is 25.2 Å². The Hall–Kier alpha value is -4.95. The predicted molar refractivity (Wildman–Crippen MR) is 184 cm³/mol. The maximum absolute atomic E-state index is 11.9. The van der Waals surface area contributed by atoms with E-state index in [1.807, 2.05) is 49.1 Å². The smallest absolute Gasteiger partial charge is 0.339 e. The summed E-state index contributed by atoms with van der Waals surface area (Å²) in [5.74, 6) is 0.871. The Labute approximate surface area is 290 Å². The van der Waals surface area contributed by atoms with Crippen LogP contribution in [0.3, 0.4) is 0 Å². The van der Waals surface area contributed by atoms with E-state index < -0.39 is 11.6 Å². The summed E-state index contributed by atoms with van der Waals surface area (Å²) in [4.78, 5) is 29.8. The number of aldehydes is 1. The lowest BCUT2D eigenvalue weighted by Gasteiger charge is -2.21. The second kappa shape index (κ2) is 16.0. The van der Waals surface area contributed by atoms with Gasteiger partial charge in [0, 0.05) is 50.1 Å². The normalized spacial score (nSPS) is 15.8. The summed E-state index contributed by atoms with van der Waals surface area (Å²) in [6.45, 7) is 6.48. The maximum Gasteiger partial charge on any atom is 0.339 e. The first-order valence-corrected chi connectivity index (χ1v) is 16.3. The molecular weight excluding hydrogens is 646 g/mol. The third kappa shape index (κ3) is 8.38. The van der Waals surface area contributed by atoms with Gasteiger partial charge in [-0.25, -0.2) is 4.79 Å². The lowest BCUT2D eigenvalue weighted by atomic mass is 9.93. The highest BCUT2D eigenvalue weighted by atomic mass is 35.5. The van der Waals surface area contributed by atoms with Crippen LogP contribution in [-0.4, -0.2) is 66.2 Å². The molecule has 1 aromatic heterocycles. The number of nitrogens with zero attached hydrogens (tertiary/aromatic N) is 3. The summed E-state index contributed by atoms with van der Waals surface area (Å²) in [5.41, 5.74) is 5.03. The van der Waals surface area contributed by atoms with E-state index in [2.05, 4.69) is 17.1 Å². The van der Waals surface area contributed by atoms with Crippen molar-refractivity contribution in [3.63, 3.8) is 0 Å². The third-order valence-corrected chi connectivity index (χ3v) is 8.98. The fourth-order valence-corrected chi connectivity index (χ4v) is 6.13. The molecule has 0 bridgehead atoms. The average Bonchev–Trinajstić information content (AvgIpc) is 3.51. The molecular formula is C38H38ClN3O7. The molecule has 1 aliphatic heterocycles. The summed E-state index contributed by atoms with van der Waals surface area (Å²) in [7, 11) is 1.29. The molecule has 10 nitrogen and oxygen atoms in total. The summed E-state index contributed by atoms with van der Waals surface area (Å²) < 4.78 is 23.0. The quantitative estimate of drug-likeness (QED) is 0.0926. The van der Waals surface area contributed by atoms with Crippen molar-refractivity contribution in [1.82, 2.24) is 9.88 Å². The number of hydrogen-bond acceptors (Lipinski definition) is 10. The molecule has 0 spiro atoms. The van der Waals surface area contributed by atoms with Crippen molar-refractivity contribution in [2.24, 2.45) is 0 Å². The van der Waals surface area contributed by atoms with Gasteiger partial charge < -0.3 is 24.1 Å². The Bertz CT molecular complexity index is 1880. The Morgan fingerprint density at radius 2 is 1.78 bits per heavy atom. The van der Waals surface area contributed by atoms with E-state index in [1.54, 1.807) is 18.3 Å².